The summed E-state index contributed by atoms with van der Waals surface area (Å²) >= 11 is 0. The fourth-order valence-corrected chi connectivity index (χ4v) is 1.25. The van der Waals surface area contributed by atoms with Crippen molar-refractivity contribution >= 4 is 11.7 Å². The van der Waals surface area contributed by atoms with Crippen LogP contribution < -0.4 is 16.0 Å². The van der Waals surface area contributed by atoms with Crippen LogP contribution in [0.5, 0.6) is 0 Å². The third-order valence-corrected chi connectivity index (χ3v) is 2.15. The zero-order valence-electron chi connectivity index (χ0n) is 9.84. The van der Waals surface area contributed by atoms with E-state index in [0.29, 0.717) is 6.54 Å². The molecule has 0 spiro atoms. The van der Waals surface area contributed by atoms with Crippen LogP contribution in [-0.2, 0) is 0 Å². The lowest BCUT2D eigenvalue weighted by Crippen LogP contribution is -2.34. The summed E-state index contributed by atoms with van der Waals surface area (Å²) < 4.78 is 0. The lowest BCUT2D eigenvalue weighted by molar-refractivity contribution is 0.252. The molecular formula is C12H19N3O. The maximum atomic E-state index is 11.4. The van der Waals surface area contributed by atoms with Gasteiger partial charge in [0.15, 0.2) is 0 Å². The van der Waals surface area contributed by atoms with Gasteiger partial charge in [-0.3, -0.25) is 0 Å². The molecule has 1 rings (SSSR count). The Hall–Kier alpha value is -1.55. The topological polar surface area (TPSA) is 53.2 Å². The second-order valence-electron chi connectivity index (χ2n) is 3.60. The van der Waals surface area contributed by atoms with Crippen LogP contribution in [-0.4, -0.2) is 25.7 Å². The molecule has 1 aromatic carbocycles. The molecule has 0 aliphatic heterocycles. The Balaban J connectivity index is 2.26. The molecule has 16 heavy (non-hydrogen) atoms. The molecule has 0 aromatic heterocycles. The maximum absolute atomic E-state index is 11.4. The minimum Gasteiger partial charge on any atom is -0.337 e. The smallest absolute Gasteiger partial charge is 0.319 e. The van der Waals surface area contributed by atoms with Crippen LogP contribution in [0.25, 0.3) is 0 Å². The highest BCUT2D eigenvalue weighted by Crippen LogP contribution is 2.07. The highest BCUT2D eigenvalue weighted by Gasteiger charge is 1.99. The van der Waals surface area contributed by atoms with Crippen molar-refractivity contribution in [2.24, 2.45) is 0 Å². The number of anilines is 1. The molecule has 0 aliphatic rings. The number of amides is 2. The van der Waals surface area contributed by atoms with E-state index in [0.717, 1.165) is 18.8 Å². The van der Waals surface area contributed by atoms with Crippen LogP contribution in [0.2, 0.25) is 0 Å². The maximum Gasteiger partial charge on any atom is 0.319 e. The van der Waals surface area contributed by atoms with E-state index in [4.69, 9.17) is 0 Å². The van der Waals surface area contributed by atoms with Crippen LogP contribution in [0.15, 0.2) is 24.3 Å². The molecule has 0 saturated heterocycles. The molecule has 0 aliphatic carbocycles. The standard InChI is InChI=1S/C12H19N3O/c1-3-13-8-9-14-12(16)15-11-6-4-10(2)5-7-11/h4-7,13H,3,8-9H2,1-2H3,(H2,14,15,16). The predicted molar refractivity (Wildman–Crippen MR) is 66.7 cm³/mol. The lowest BCUT2D eigenvalue weighted by Gasteiger charge is -2.07. The van der Waals surface area contributed by atoms with Gasteiger partial charge < -0.3 is 16.0 Å². The molecule has 0 radical (unpaired) electrons. The van der Waals surface area contributed by atoms with E-state index in [9.17, 15) is 4.79 Å². The first kappa shape index (κ1) is 12.5. The summed E-state index contributed by atoms with van der Waals surface area (Å²) in [7, 11) is 0. The average Bonchev–Trinajstić information content (AvgIpc) is 2.28. The van der Waals surface area contributed by atoms with Crippen molar-refractivity contribution in [2.45, 2.75) is 13.8 Å². The summed E-state index contributed by atoms with van der Waals surface area (Å²) in [5.41, 5.74) is 1.99. The fourth-order valence-electron chi connectivity index (χ4n) is 1.25. The van der Waals surface area contributed by atoms with Gasteiger partial charge in [-0.1, -0.05) is 24.6 Å². The number of urea groups is 1. The number of carbonyl (C=O) groups excluding carboxylic acids is 1. The number of likely N-dealkylation sites (N-methyl/N-ethyl adjacent to an activating group) is 1. The van der Waals surface area contributed by atoms with Crippen molar-refractivity contribution in [3.05, 3.63) is 29.8 Å². The average molecular weight is 221 g/mol. The van der Waals surface area contributed by atoms with Crippen LogP contribution in [0.4, 0.5) is 10.5 Å². The Morgan fingerprint density at radius 2 is 1.88 bits per heavy atom. The normalized spacial score (nSPS) is 9.88. The number of carbonyl (C=O) groups is 1. The van der Waals surface area contributed by atoms with Crippen LogP contribution >= 0.6 is 0 Å². The Labute approximate surface area is 96.4 Å². The third-order valence-electron chi connectivity index (χ3n) is 2.15. The van der Waals surface area contributed by atoms with Crippen molar-refractivity contribution in [1.29, 1.82) is 0 Å². The van der Waals surface area contributed by atoms with Gasteiger partial charge in [-0.2, -0.15) is 0 Å². The number of nitrogens with one attached hydrogen (secondary N) is 3. The number of hydrogen-bond donors (Lipinski definition) is 3. The summed E-state index contributed by atoms with van der Waals surface area (Å²) in [5, 5.41) is 8.67. The molecule has 3 N–H and O–H groups in total. The summed E-state index contributed by atoms with van der Waals surface area (Å²) in [6, 6.07) is 7.54. The molecule has 0 atom stereocenters. The van der Waals surface area contributed by atoms with Gasteiger partial charge in [-0.15, -0.1) is 0 Å². The zero-order chi connectivity index (χ0) is 11.8. The molecule has 0 bridgehead atoms. The van der Waals surface area contributed by atoms with Crippen molar-refractivity contribution in [3.63, 3.8) is 0 Å². The van der Waals surface area contributed by atoms with E-state index < -0.39 is 0 Å². The van der Waals surface area contributed by atoms with Crippen LogP contribution in [0, 0.1) is 6.92 Å². The largest absolute Gasteiger partial charge is 0.337 e. The van der Waals surface area contributed by atoms with E-state index in [1.165, 1.54) is 5.56 Å². The van der Waals surface area contributed by atoms with Crippen LogP contribution in [0.1, 0.15) is 12.5 Å². The molecule has 0 unspecified atom stereocenters. The van der Waals surface area contributed by atoms with Gasteiger partial charge in [0.05, 0.1) is 0 Å². The number of hydrogen-bond acceptors (Lipinski definition) is 2. The van der Waals surface area contributed by atoms with Gasteiger partial charge in [0.1, 0.15) is 0 Å². The van der Waals surface area contributed by atoms with Gasteiger partial charge in [-0.25, -0.2) is 4.79 Å². The minimum absolute atomic E-state index is 0.165. The van der Waals surface area contributed by atoms with E-state index in [1.807, 2.05) is 38.1 Å². The Bertz CT molecular complexity index is 322. The predicted octanol–water partition coefficient (Wildman–Crippen LogP) is 1.73. The summed E-state index contributed by atoms with van der Waals surface area (Å²) in [5.74, 6) is 0. The number of rotatable bonds is 5. The van der Waals surface area contributed by atoms with Gasteiger partial charge in [0.2, 0.25) is 0 Å². The molecule has 2 amide bonds. The van der Waals surface area contributed by atoms with Gasteiger partial charge in [-0.05, 0) is 25.6 Å². The molecule has 0 heterocycles. The van der Waals surface area contributed by atoms with Gasteiger partial charge in [0, 0.05) is 18.8 Å². The Morgan fingerprint density at radius 1 is 1.19 bits per heavy atom. The first-order valence-corrected chi connectivity index (χ1v) is 5.54. The zero-order valence-corrected chi connectivity index (χ0v) is 9.84. The lowest BCUT2D eigenvalue weighted by atomic mass is 10.2. The van der Waals surface area contributed by atoms with Gasteiger partial charge >= 0.3 is 6.03 Å². The summed E-state index contributed by atoms with van der Waals surface area (Å²) in [6.45, 7) is 6.39. The first-order valence-electron chi connectivity index (χ1n) is 5.54. The van der Waals surface area contributed by atoms with Crippen molar-refractivity contribution < 1.29 is 4.79 Å². The molecule has 88 valence electrons. The monoisotopic (exact) mass is 221 g/mol. The molecular weight excluding hydrogens is 202 g/mol. The molecule has 4 heteroatoms. The number of benzene rings is 1. The minimum atomic E-state index is -0.165. The Kier molecular flexibility index (Phi) is 5.36. The highest BCUT2D eigenvalue weighted by atomic mass is 16.2. The molecule has 4 nitrogen and oxygen atoms in total. The highest BCUT2D eigenvalue weighted by molar-refractivity contribution is 5.89. The van der Waals surface area contributed by atoms with E-state index in [1.54, 1.807) is 0 Å². The van der Waals surface area contributed by atoms with E-state index in [2.05, 4.69) is 16.0 Å². The van der Waals surface area contributed by atoms with E-state index >= 15 is 0 Å². The summed E-state index contributed by atoms with van der Waals surface area (Å²) in [4.78, 5) is 11.4. The second-order valence-corrected chi connectivity index (χ2v) is 3.60. The van der Waals surface area contributed by atoms with E-state index in [-0.39, 0.29) is 6.03 Å². The molecule has 0 saturated carbocycles. The third kappa shape index (κ3) is 4.79. The van der Waals surface area contributed by atoms with Crippen molar-refractivity contribution in [2.75, 3.05) is 25.0 Å². The SMILES string of the molecule is CCNCCNC(=O)Nc1ccc(C)cc1. The van der Waals surface area contributed by atoms with Gasteiger partial charge in [0.25, 0.3) is 0 Å². The first-order chi connectivity index (χ1) is 7.72. The quantitative estimate of drug-likeness (QED) is 0.663. The van der Waals surface area contributed by atoms with Crippen LogP contribution in [0.3, 0.4) is 0 Å². The van der Waals surface area contributed by atoms with Crippen molar-refractivity contribution in [3.8, 4) is 0 Å². The molecule has 0 fully saturated rings. The molecule has 1 aromatic rings. The number of aryl methyl sites for hydroxylation is 1. The fraction of sp³-hybridized carbons (Fsp3) is 0.417. The second kappa shape index (κ2) is 6.85. The Morgan fingerprint density at radius 3 is 2.50 bits per heavy atom. The van der Waals surface area contributed by atoms with Crippen molar-refractivity contribution in [1.82, 2.24) is 10.6 Å². The summed E-state index contributed by atoms with van der Waals surface area (Å²) in [6.07, 6.45) is 0.